The molecule has 0 amide bonds. The second-order valence-electron chi connectivity index (χ2n) is 9.45. The molecule has 0 radical (unpaired) electrons. The maximum Gasteiger partial charge on any atom is 0.227 e. The lowest BCUT2D eigenvalue weighted by molar-refractivity contribution is -0.0695. The van der Waals surface area contributed by atoms with E-state index in [1.54, 1.807) is 0 Å². The summed E-state index contributed by atoms with van der Waals surface area (Å²) in [5, 5.41) is 14.6. The van der Waals surface area contributed by atoms with Crippen molar-refractivity contribution in [3.8, 4) is 0 Å². The Morgan fingerprint density at radius 2 is 2.14 bits per heavy atom. The van der Waals surface area contributed by atoms with Crippen molar-refractivity contribution in [1.82, 2.24) is 25.5 Å². The minimum absolute atomic E-state index is 0.163. The molecule has 5 fully saturated rings. The summed E-state index contributed by atoms with van der Waals surface area (Å²) in [6.07, 6.45) is 6.81. The third-order valence-corrected chi connectivity index (χ3v) is 6.79. The SMILES string of the molecule is CC1(NCC23CC(C2)N(c2nccc(Nc4cc(C5CC5)[nH]n4)n2)C3)COC1. The van der Waals surface area contributed by atoms with Gasteiger partial charge in [-0.1, -0.05) is 0 Å². The van der Waals surface area contributed by atoms with E-state index in [1.165, 1.54) is 31.4 Å². The molecule has 3 N–H and O–H groups in total. The monoisotopic (exact) mass is 381 g/mol. The van der Waals surface area contributed by atoms with Gasteiger partial charge in [-0.25, -0.2) is 4.98 Å². The summed E-state index contributed by atoms with van der Waals surface area (Å²) in [5.41, 5.74) is 1.74. The van der Waals surface area contributed by atoms with Gasteiger partial charge in [0.1, 0.15) is 5.82 Å². The van der Waals surface area contributed by atoms with Crippen LogP contribution in [-0.2, 0) is 4.74 Å². The van der Waals surface area contributed by atoms with Crippen molar-refractivity contribution in [3.05, 3.63) is 24.0 Å². The van der Waals surface area contributed by atoms with Gasteiger partial charge in [0.25, 0.3) is 0 Å². The van der Waals surface area contributed by atoms with Crippen molar-refractivity contribution in [2.45, 2.75) is 50.1 Å². The molecule has 5 aliphatic rings. The molecule has 28 heavy (non-hydrogen) atoms. The van der Waals surface area contributed by atoms with Crippen LogP contribution in [0.25, 0.3) is 0 Å². The Kier molecular flexibility index (Phi) is 3.53. The van der Waals surface area contributed by atoms with Gasteiger partial charge in [0.15, 0.2) is 5.82 Å². The number of H-pyrrole nitrogens is 1. The normalized spacial score (nSPS) is 30.0. The summed E-state index contributed by atoms with van der Waals surface area (Å²) in [6.45, 7) is 5.97. The summed E-state index contributed by atoms with van der Waals surface area (Å²) < 4.78 is 5.36. The number of aromatic nitrogens is 4. The second-order valence-corrected chi connectivity index (χ2v) is 9.45. The Hall–Kier alpha value is -2.19. The van der Waals surface area contributed by atoms with E-state index in [-0.39, 0.29) is 5.54 Å². The van der Waals surface area contributed by atoms with Gasteiger partial charge in [-0.15, -0.1) is 0 Å². The molecule has 2 aromatic rings. The quantitative estimate of drug-likeness (QED) is 0.677. The Labute approximate surface area is 164 Å². The van der Waals surface area contributed by atoms with Gasteiger partial charge in [0.2, 0.25) is 5.95 Å². The minimum atomic E-state index is 0.163. The molecule has 0 atom stereocenters. The van der Waals surface area contributed by atoms with Crippen LogP contribution >= 0.6 is 0 Å². The predicted octanol–water partition coefficient (Wildman–Crippen LogP) is 2.17. The molecular formula is C20H27N7O. The molecule has 7 rings (SSSR count). The first-order chi connectivity index (χ1) is 13.6. The van der Waals surface area contributed by atoms with Crippen LogP contribution in [0.3, 0.4) is 0 Å². The van der Waals surface area contributed by atoms with E-state index >= 15 is 0 Å². The summed E-state index contributed by atoms with van der Waals surface area (Å²) in [4.78, 5) is 11.7. The van der Waals surface area contributed by atoms with Crippen molar-refractivity contribution in [2.75, 3.05) is 36.5 Å². The molecule has 3 aliphatic heterocycles. The Balaban J connectivity index is 1.12. The lowest BCUT2D eigenvalue weighted by Crippen LogP contribution is -2.61. The molecule has 5 heterocycles. The largest absolute Gasteiger partial charge is 0.377 e. The Morgan fingerprint density at radius 3 is 2.89 bits per heavy atom. The van der Waals surface area contributed by atoms with Crippen LogP contribution in [0.2, 0.25) is 0 Å². The van der Waals surface area contributed by atoms with E-state index < -0.39 is 0 Å². The van der Waals surface area contributed by atoms with Crippen LogP contribution < -0.4 is 15.5 Å². The van der Waals surface area contributed by atoms with Crippen LogP contribution in [0, 0.1) is 5.41 Å². The molecular weight excluding hydrogens is 354 g/mol. The number of rotatable bonds is 7. The lowest BCUT2D eigenvalue weighted by atomic mass is 9.70. The zero-order valence-corrected chi connectivity index (χ0v) is 16.2. The fourth-order valence-corrected chi connectivity index (χ4v) is 4.82. The molecule has 3 saturated heterocycles. The summed E-state index contributed by atoms with van der Waals surface area (Å²) >= 11 is 0. The molecule has 2 aliphatic carbocycles. The van der Waals surface area contributed by atoms with Gasteiger partial charge in [0, 0.05) is 48.4 Å². The highest BCUT2D eigenvalue weighted by molar-refractivity contribution is 5.54. The fraction of sp³-hybridized carbons (Fsp3) is 0.650. The number of hydrogen-bond acceptors (Lipinski definition) is 7. The van der Waals surface area contributed by atoms with Gasteiger partial charge in [-0.05, 0) is 38.7 Å². The first-order valence-corrected chi connectivity index (χ1v) is 10.3. The standard InChI is InChI=1S/C20H27N7O/c1-19(11-28-12-19)22-9-20-7-14(8-20)27(10-20)18-21-5-4-16(24-18)23-17-6-15(25-26-17)13-2-3-13/h4-6,13-14,22H,2-3,7-12H2,1H3,(H2,21,23,24,25,26). The van der Waals surface area contributed by atoms with Crippen LogP contribution in [-0.4, -0.2) is 58.0 Å². The van der Waals surface area contributed by atoms with E-state index in [0.717, 1.165) is 43.9 Å². The molecule has 2 saturated carbocycles. The maximum atomic E-state index is 5.36. The first kappa shape index (κ1) is 16.7. The molecule has 2 bridgehead atoms. The van der Waals surface area contributed by atoms with Crippen LogP contribution in [0.4, 0.5) is 17.6 Å². The summed E-state index contributed by atoms with van der Waals surface area (Å²) in [6, 6.07) is 4.57. The van der Waals surface area contributed by atoms with E-state index in [2.05, 4.69) is 43.7 Å². The first-order valence-electron chi connectivity index (χ1n) is 10.3. The van der Waals surface area contributed by atoms with Crippen molar-refractivity contribution in [2.24, 2.45) is 5.41 Å². The smallest absolute Gasteiger partial charge is 0.227 e. The van der Waals surface area contributed by atoms with Crippen molar-refractivity contribution >= 4 is 17.6 Å². The molecule has 2 aromatic heterocycles. The highest BCUT2D eigenvalue weighted by atomic mass is 16.5. The van der Waals surface area contributed by atoms with Gasteiger partial charge in [-0.3, -0.25) is 5.10 Å². The highest BCUT2D eigenvalue weighted by Gasteiger charge is 2.56. The molecule has 148 valence electrons. The van der Waals surface area contributed by atoms with Crippen molar-refractivity contribution in [3.63, 3.8) is 0 Å². The number of nitrogens with zero attached hydrogens (tertiary/aromatic N) is 4. The van der Waals surface area contributed by atoms with Crippen molar-refractivity contribution < 1.29 is 4.74 Å². The third-order valence-electron chi connectivity index (χ3n) is 6.79. The van der Waals surface area contributed by atoms with E-state index in [9.17, 15) is 0 Å². The van der Waals surface area contributed by atoms with E-state index in [0.29, 0.717) is 17.4 Å². The summed E-state index contributed by atoms with van der Waals surface area (Å²) in [7, 11) is 0. The number of aromatic amines is 1. The van der Waals surface area contributed by atoms with Gasteiger partial charge >= 0.3 is 0 Å². The van der Waals surface area contributed by atoms with Gasteiger partial charge in [-0.2, -0.15) is 10.1 Å². The fourth-order valence-electron chi connectivity index (χ4n) is 4.82. The highest BCUT2D eigenvalue weighted by Crippen LogP contribution is 2.52. The molecule has 0 spiro atoms. The number of ether oxygens (including phenoxy) is 1. The zero-order chi connectivity index (χ0) is 18.8. The Bertz CT molecular complexity index is 882. The molecule has 8 nitrogen and oxygen atoms in total. The minimum Gasteiger partial charge on any atom is -0.377 e. The van der Waals surface area contributed by atoms with Crippen LogP contribution in [0.5, 0.6) is 0 Å². The molecule has 0 unspecified atom stereocenters. The van der Waals surface area contributed by atoms with Crippen molar-refractivity contribution in [1.29, 1.82) is 0 Å². The third kappa shape index (κ3) is 2.86. The summed E-state index contributed by atoms with van der Waals surface area (Å²) in [5.74, 6) is 3.12. The van der Waals surface area contributed by atoms with Crippen LogP contribution in [0.1, 0.15) is 44.2 Å². The number of anilines is 3. The number of hydrogen-bond donors (Lipinski definition) is 3. The topological polar surface area (TPSA) is 91.0 Å². The van der Waals surface area contributed by atoms with Gasteiger partial charge < -0.3 is 20.3 Å². The average molecular weight is 381 g/mol. The molecule has 0 aromatic carbocycles. The zero-order valence-electron chi connectivity index (χ0n) is 16.2. The van der Waals surface area contributed by atoms with E-state index in [4.69, 9.17) is 9.72 Å². The molecule has 8 heteroatoms. The number of nitrogens with one attached hydrogen (secondary N) is 3. The maximum absolute atomic E-state index is 5.36. The average Bonchev–Trinajstić information content (AvgIpc) is 3.12. The lowest BCUT2D eigenvalue weighted by Gasteiger charge is -2.44. The van der Waals surface area contributed by atoms with Gasteiger partial charge in [0.05, 0.1) is 18.8 Å². The predicted molar refractivity (Wildman–Crippen MR) is 106 cm³/mol. The van der Waals surface area contributed by atoms with Crippen LogP contribution in [0.15, 0.2) is 18.3 Å². The second kappa shape index (κ2) is 5.90. The Morgan fingerprint density at radius 1 is 1.29 bits per heavy atom. The number of fused-ring (bicyclic) bond motifs is 1. The van der Waals surface area contributed by atoms with E-state index in [1.807, 2.05) is 12.3 Å².